The van der Waals surface area contributed by atoms with Crippen LogP contribution in [0.5, 0.6) is 0 Å². The van der Waals surface area contributed by atoms with Gasteiger partial charge in [-0.25, -0.2) is 0 Å². The van der Waals surface area contributed by atoms with Crippen LogP contribution in [-0.4, -0.2) is 30.1 Å². The molecule has 1 fully saturated rings. The number of nitrogens with one attached hydrogen (secondary N) is 1. The van der Waals surface area contributed by atoms with E-state index in [0.717, 1.165) is 32.2 Å². The predicted octanol–water partition coefficient (Wildman–Crippen LogP) is 0.588. The summed E-state index contributed by atoms with van der Waals surface area (Å²) >= 11 is 0. The molecule has 4 N–H and O–H groups in total. The molecule has 1 saturated carbocycles. The Morgan fingerprint density at radius 3 is 2.41 bits per heavy atom. The molecular weight excluding hydrogens is 220 g/mol. The Morgan fingerprint density at radius 1 is 1.35 bits per heavy atom. The van der Waals surface area contributed by atoms with Gasteiger partial charge in [-0.3, -0.25) is 9.59 Å². The Hall–Kier alpha value is -1.10. The molecule has 1 aliphatic carbocycles. The van der Waals surface area contributed by atoms with E-state index in [-0.39, 0.29) is 17.7 Å². The first-order valence-electron chi connectivity index (χ1n) is 6.23. The molecule has 0 aromatic carbocycles. The van der Waals surface area contributed by atoms with Crippen molar-refractivity contribution in [3.63, 3.8) is 0 Å². The fraction of sp³-hybridized carbons (Fsp3) is 0.833. The van der Waals surface area contributed by atoms with E-state index in [4.69, 9.17) is 10.8 Å². The molecule has 1 amide bonds. The first kappa shape index (κ1) is 14.0. The van der Waals surface area contributed by atoms with Crippen LogP contribution in [0.4, 0.5) is 0 Å². The van der Waals surface area contributed by atoms with E-state index in [9.17, 15) is 9.59 Å². The highest BCUT2D eigenvalue weighted by Gasteiger charge is 2.25. The van der Waals surface area contributed by atoms with E-state index in [1.165, 1.54) is 0 Å². The van der Waals surface area contributed by atoms with Crippen LogP contribution in [0.15, 0.2) is 0 Å². The summed E-state index contributed by atoms with van der Waals surface area (Å²) in [5, 5.41) is 12.1. The lowest BCUT2D eigenvalue weighted by Crippen LogP contribution is -2.35. The minimum Gasteiger partial charge on any atom is -0.481 e. The number of hydrogen-bond donors (Lipinski definition) is 3. The number of carboxylic acid groups (broad SMARTS) is 1. The number of rotatable bonds is 6. The van der Waals surface area contributed by atoms with E-state index in [1.807, 2.05) is 0 Å². The van der Waals surface area contributed by atoms with E-state index >= 15 is 0 Å². The number of hydrogen-bond acceptors (Lipinski definition) is 3. The Morgan fingerprint density at radius 2 is 1.94 bits per heavy atom. The summed E-state index contributed by atoms with van der Waals surface area (Å²) < 4.78 is 0. The highest BCUT2D eigenvalue weighted by molar-refractivity contribution is 5.76. The normalized spacial score (nSPS) is 26.4. The summed E-state index contributed by atoms with van der Waals surface area (Å²) in [7, 11) is 0. The number of aliphatic carboxylic acids is 1. The van der Waals surface area contributed by atoms with Crippen molar-refractivity contribution < 1.29 is 14.7 Å². The lowest BCUT2D eigenvalue weighted by atomic mass is 9.82. The van der Waals surface area contributed by atoms with E-state index < -0.39 is 5.97 Å². The van der Waals surface area contributed by atoms with Gasteiger partial charge in [-0.2, -0.15) is 0 Å². The lowest BCUT2D eigenvalue weighted by molar-refractivity contribution is -0.143. The van der Waals surface area contributed by atoms with Gasteiger partial charge in [0.2, 0.25) is 5.91 Å². The number of primary amides is 1. The van der Waals surface area contributed by atoms with E-state index in [1.54, 1.807) is 6.92 Å². The maximum absolute atomic E-state index is 10.8. The van der Waals surface area contributed by atoms with E-state index in [0.29, 0.717) is 12.5 Å². The highest BCUT2D eigenvalue weighted by Crippen LogP contribution is 2.28. The van der Waals surface area contributed by atoms with Crippen LogP contribution in [0.1, 0.15) is 32.6 Å². The minimum absolute atomic E-state index is 0.148. The standard InChI is InChI=1S/C12H22N2O3/c1-8(11(13)15)6-14-7-9-2-4-10(5-3-9)12(16)17/h8-10,14H,2-7H2,1H3,(H2,13,15)(H,16,17). The fourth-order valence-corrected chi connectivity index (χ4v) is 2.22. The molecule has 0 saturated heterocycles. The maximum Gasteiger partial charge on any atom is 0.306 e. The zero-order chi connectivity index (χ0) is 12.8. The van der Waals surface area contributed by atoms with Crippen LogP contribution in [0.25, 0.3) is 0 Å². The third kappa shape index (κ3) is 4.73. The number of nitrogens with two attached hydrogens (primary N) is 1. The molecule has 0 heterocycles. The van der Waals surface area contributed by atoms with Crippen molar-refractivity contribution >= 4 is 11.9 Å². The first-order chi connectivity index (χ1) is 8.00. The molecule has 0 aliphatic heterocycles. The quantitative estimate of drug-likeness (QED) is 0.635. The van der Waals surface area contributed by atoms with Gasteiger partial charge in [-0.05, 0) is 38.1 Å². The Balaban J connectivity index is 2.14. The monoisotopic (exact) mass is 242 g/mol. The first-order valence-corrected chi connectivity index (χ1v) is 6.23. The molecule has 0 radical (unpaired) electrons. The number of carboxylic acids is 1. The van der Waals surface area contributed by atoms with Gasteiger partial charge in [0.1, 0.15) is 0 Å². The highest BCUT2D eigenvalue weighted by atomic mass is 16.4. The fourth-order valence-electron chi connectivity index (χ4n) is 2.22. The van der Waals surface area contributed by atoms with Crippen LogP contribution in [0, 0.1) is 17.8 Å². The molecule has 5 nitrogen and oxygen atoms in total. The number of amides is 1. The smallest absolute Gasteiger partial charge is 0.306 e. The van der Waals surface area contributed by atoms with Crippen LogP contribution in [0.3, 0.4) is 0 Å². The summed E-state index contributed by atoms with van der Waals surface area (Å²) in [6.07, 6.45) is 3.45. The molecule has 1 rings (SSSR count). The molecule has 1 aliphatic rings. The molecule has 1 unspecified atom stereocenters. The van der Waals surface area contributed by atoms with Gasteiger partial charge in [-0.1, -0.05) is 6.92 Å². The summed E-state index contributed by atoms with van der Waals surface area (Å²) in [4.78, 5) is 21.6. The number of carbonyl (C=O) groups is 2. The zero-order valence-electron chi connectivity index (χ0n) is 10.3. The van der Waals surface area contributed by atoms with Crippen LogP contribution in [-0.2, 0) is 9.59 Å². The van der Waals surface area contributed by atoms with Crippen molar-refractivity contribution in [2.45, 2.75) is 32.6 Å². The summed E-state index contributed by atoms with van der Waals surface area (Å²) in [5.74, 6) is -0.724. The van der Waals surface area contributed by atoms with Crippen molar-refractivity contribution in [3.05, 3.63) is 0 Å². The molecule has 98 valence electrons. The summed E-state index contributed by atoms with van der Waals surface area (Å²) in [6, 6.07) is 0. The molecule has 17 heavy (non-hydrogen) atoms. The van der Waals surface area contributed by atoms with Crippen molar-refractivity contribution in [2.24, 2.45) is 23.5 Å². The summed E-state index contributed by atoms with van der Waals surface area (Å²) in [6.45, 7) is 3.26. The zero-order valence-corrected chi connectivity index (χ0v) is 10.3. The largest absolute Gasteiger partial charge is 0.481 e. The summed E-state index contributed by atoms with van der Waals surface area (Å²) in [5.41, 5.74) is 5.16. The van der Waals surface area contributed by atoms with Crippen molar-refractivity contribution in [2.75, 3.05) is 13.1 Å². The second-order valence-electron chi connectivity index (χ2n) is 5.02. The number of carbonyl (C=O) groups excluding carboxylic acids is 1. The molecular formula is C12H22N2O3. The molecule has 1 atom stereocenters. The molecule has 5 heteroatoms. The molecule has 0 bridgehead atoms. The molecule has 0 aromatic rings. The van der Waals surface area contributed by atoms with Gasteiger partial charge in [0.05, 0.1) is 5.92 Å². The maximum atomic E-state index is 10.8. The predicted molar refractivity (Wildman–Crippen MR) is 64.3 cm³/mol. The van der Waals surface area contributed by atoms with Gasteiger partial charge in [-0.15, -0.1) is 0 Å². The Bertz CT molecular complexity index is 273. The average molecular weight is 242 g/mol. The van der Waals surface area contributed by atoms with Gasteiger partial charge in [0, 0.05) is 12.5 Å². The van der Waals surface area contributed by atoms with Crippen LogP contribution < -0.4 is 11.1 Å². The Labute approximate surface area is 102 Å². The SMILES string of the molecule is CC(CNCC1CCC(C(=O)O)CC1)C(N)=O. The second-order valence-corrected chi connectivity index (χ2v) is 5.02. The van der Waals surface area contributed by atoms with Crippen molar-refractivity contribution in [3.8, 4) is 0 Å². The molecule has 0 spiro atoms. The lowest BCUT2D eigenvalue weighted by Gasteiger charge is -2.26. The second kappa shape index (κ2) is 6.59. The van der Waals surface area contributed by atoms with Gasteiger partial charge in [0.25, 0.3) is 0 Å². The van der Waals surface area contributed by atoms with Gasteiger partial charge in [0.15, 0.2) is 0 Å². The third-order valence-corrected chi connectivity index (χ3v) is 3.57. The van der Waals surface area contributed by atoms with Crippen LogP contribution in [0.2, 0.25) is 0 Å². The minimum atomic E-state index is -0.668. The van der Waals surface area contributed by atoms with E-state index in [2.05, 4.69) is 5.32 Å². The van der Waals surface area contributed by atoms with Crippen molar-refractivity contribution in [1.82, 2.24) is 5.32 Å². The van der Waals surface area contributed by atoms with Crippen LogP contribution >= 0.6 is 0 Å². The van der Waals surface area contributed by atoms with Gasteiger partial charge < -0.3 is 16.2 Å². The molecule has 0 aromatic heterocycles. The van der Waals surface area contributed by atoms with Crippen molar-refractivity contribution in [1.29, 1.82) is 0 Å². The third-order valence-electron chi connectivity index (χ3n) is 3.57. The topological polar surface area (TPSA) is 92.4 Å². The average Bonchev–Trinajstić information content (AvgIpc) is 2.29. The van der Waals surface area contributed by atoms with Gasteiger partial charge >= 0.3 is 5.97 Å². The Kier molecular flexibility index (Phi) is 5.41.